The Morgan fingerprint density at radius 2 is 1.46 bits per heavy atom. The fourth-order valence-electron chi connectivity index (χ4n) is 3.41. The highest BCUT2D eigenvalue weighted by Gasteiger charge is 2.15. The largest absolute Gasteiger partial charge is 0.367 e. The number of rotatable bonds is 6. The average molecular weight is 323 g/mol. The molecular formula is C22H29NO. The smallest absolute Gasteiger partial charge is 0.108 e. The summed E-state index contributed by atoms with van der Waals surface area (Å²) in [6, 6.07) is 19.3. The summed E-state index contributed by atoms with van der Waals surface area (Å²) in [5, 5.41) is 0. The molecule has 1 atom stereocenters. The molecule has 1 saturated heterocycles. The second-order valence-electron chi connectivity index (χ2n) is 6.83. The van der Waals surface area contributed by atoms with Crippen LogP contribution in [0.25, 0.3) is 0 Å². The van der Waals surface area contributed by atoms with E-state index in [-0.39, 0.29) is 6.10 Å². The van der Waals surface area contributed by atoms with Crippen molar-refractivity contribution in [3.05, 3.63) is 71.3 Å². The molecule has 0 saturated carbocycles. The molecule has 0 radical (unpaired) electrons. The molecule has 0 aromatic heterocycles. The van der Waals surface area contributed by atoms with Crippen LogP contribution in [0.1, 0.15) is 48.5 Å². The van der Waals surface area contributed by atoms with Gasteiger partial charge in [-0.25, -0.2) is 0 Å². The number of benzene rings is 2. The molecule has 128 valence electrons. The lowest BCUT2D eigenvalue weighted by atomic mass is 10.0. The van der Waals surface area contributed by atoms with E-state index in [1.807, 2.05) is 0 Å². The summed E-state index contributed by atoms with van der Waals surface area (Å²) in [7, 11) is 0. The summed E-state index contributed by atoms with van der Waals surface area (Å²) < 4.78 is 6.36. The zero-order chi connectivity index (χ0) is 16.6. The highest BCUT2D eigenvalue weighted by molar-refractivity contribution is 5.31. The standard InChI is InChI=1S/C22H29NO/c1-19-11-13-21(14-12-19)22(20-9-5-4-6-10-20)24-18-17-23-15-7-2-3-8-16-23/h4-6,9-14,22H,2-3,7-8,15-18H2,1H3. The maximum atomic E-state index is 6.36. The molecule has 1 fully saturated rings. The van der Waals surface area contributed by atoms with Crippen LogP contribution in [0.4, 0.5) is 0 Å². The topological polar surface area (TPSA) is 12.5 Å². The van der Waals surface area contributed by atoms with Crippen molar-refractivity contribution in [3.63, 3.8) is 0 Å². The van der Waals surface area contributed by atoms with E-state index < -0.39 is 0 Å². The van der Waals surface area contributed by atoms with Gasteiger partial charge in [0.1, 0.15) is 6.10 Å². The maximum absolute atomic E-state index is 6.36. The minimum Gasteiger partial charge on any atom is -0.367 e. The van der Waals surface area contributed by atoms with Crippen LogP contribution in [-0.2, 0) is 4.74 Å². The Hall–Kier alpha value is -1.64. The van der Waals surface area contributed by atoms with Crippen molar-refractivity contribution in [2.45, 2.75) is 38.7 Å². The molecule has 2 nitrogen and oxygen atoms in total. The van der Waals surface area contributed by atoms with Crippen molar-refractivity contribution >= 4 is 0 Å². The number of likely N-dealkylation sites (tertiary alicyclic amines) is 1. The first kappa shape index (κ1) is 17.2. The molecule has 0 bridgehead atoms. The Balaban J connectivity index is 1.65. The molecule has 2 aromatic rings. The first-order valence-electron chi connectivity index (χ1n) is 9.28. The Bertz CT molecular complexity index is 585. The quantitative estimate of drug-likeness (QED) is 0.743. The third kappa shape index (κ3) is 4.93. The van der Waals surface area contributed by atoms with Crippen LogP contribution < -0.4 is 0 Å². The summed E-state index contributed by atoms with van der Waals surface area (Å²) in [6.45, 7) is 6.40. The zero-order valence-corrected chi connectivity index (χ0v) is 14.8. The van der Waals surface area contributed by atoms with Crippen LogP contribution in [0, 0.1) is 6.92 Å². The van der Waals surface area contributed by atoms with Crippen LogP contribution in [0.2, 0.25) is 0 Å². The molecule has 0 amide bonds. The fourth-order valence-corrected chi connectivity index (χ4v) is 3.41. The highest BCUT2D eigenvalue weighted by atomic mass is 16.5. The van der Waals surface area contributed by atoms with Gasteiger partial charge in [-0.15, -0.1) is 0 Å². The summed E-state index contributed by atoms with van der Waals surface area (Å²) in [5.41, 5.74) is 3.76. The molecule has 1 heterocycles. The highest BCUT2D eigenvalue weighted by Crippen LogP contribution is 2.26. The molecule has 3 rings (SSSR count). The van der Waals surface area contributed by atoms with Gasteiger partial charge < -0.3 is 9.64 Å². The van der Waals surface area contributed by atoms with Crippen LogP contribution in [0.5, 0.6) is 0 Å². The Labute approximate surface area is 146 Å². The zero-order valence-electron chi connectivity index (χ0n) is 14.8. The van der Waals surface area contributed by atoms with Crippen molar-refractivity contribution in [1.82, 2.24) is 4.90 Å². The van der Waals surface area contributed by atoms with E-state index in [1.54, 1.807) is 0 Å². The Morgan fingerprint density at radius 1 is 0.833 bits per heavy atom. The molecule has 0 aliphatic carbocycles. The number of aryl methyl sites for hydroxylation is 1. The van der Waals surface area contributed by atoms with Crippen molar-refractivity contribution < 1.29 is 4.74 Å². The van der Waals surface area contributed by atoms with E-state index in [2.05, 4.69) is 66.4 Å². The third-order valence-electron chi connectivity index (χ3n) is 4.87. The van der Waals surface area contributed by atoms with Gasteiger partial charge >= 0.3 is 0 Å². The van der Waals surface area contributed by atoms with Crippen molar-refractivity contribution in [2.75, 3.05) is 26.2 Å². The Morgan fingerprint density at radius 3 is 2.12 bits per heavy atom. The molecule has 0 N–H and O–H groups in total. The van der Waals surface area contributed by atoms with E-state index in [0.29, 0.717) is 0 Å². The normalized spacial score (nSPS) is 17.4. The minimum absolute atomic E-state index is 0.0266. The van der Waals surface area contributed by atoms with Gasteiger partial charge in [0.05, 0.1) is 6.61 Å². The number of hydrogen-bond donors (Lipinski definition) is 0. The van der Waals surface area contributed by atoms with Crippen molar-refractivity contribution in [2.24, 2.45) is 0 Å². The van der Waals surface area contributed by atoms with E-state index in [0.717, 1.165) is 13.2 Å². The van der Waals surface area contributed by atoms with Gasteiger partial charge in [0.25, 0.3) is 0 Å². The fraction of sp³-hybridized carbons (Fsp3) is 0.455. The second kappa shape index (κ2) is 9.00. The van der Waals surface area contributed by atoms with Crippen molar-refractivity contribution in [3.8, 4) is 0 Å². The van der Waals surface area contributed by atoms with Gasteiger partial charge in [-0.2, -0.15) is 0 Å². The van der Waals surface area contributed by atoms with Gasteiger partial charge in [-0.05, 0) is 44.0 Å². The Kier molecular flexibility index (Phi) is 6.45. The third-order valence-corrected chi connectivity index (χ3v) is 4.87. The predicted octanol–water partition coefficient (Wildman–Crippen LogP) is 4.98. The van der Waals surface area contributed by atoms with Crippen LogP contribution in [0.15, 0.2) is 54.6 Å². The lowest BCUT2D eigenvalue weighted by Gasteiger charge is -2.23. The molecule has 1 aliphatic heterocycles. The second-order valence-corrected chi connectivity index (χ2v) is 6.83. The molecule has 2 aromatic carbocycles. The number of ether oxygens (including phenoxy) is 1. The minimum atomic E-state index is 0.0266. The summed E-state index contributed by atoms with van der Waals surface area (Å²) in [5.74, 6) is 0. The molecule has 0 spiro atoms. The number of hydrogen-bond acceptors (Lipinski definition) is 2. The SMILES string of the molecule is Cc1ccc(C(OCCN2CCCCCC2)c2ccccc2)cc1. The van der Waals surface area contributed by atoms with Gasteiger partial charge in [0.15, 0.2) is 0 Å². The molecular weight excluding hydrogens is 294 g/mol. The van der Waals surface area contributed by atoms with E-state index in [1.165, 1.54) is 55.5 Å². The lowest BCUT2D eigenvalue weighted by molar-refractivity contribution is 0.0605. The first-order chi connectivity index (χ1) is 11.8. The van der Waals surface area contributed by atoms with E-state index >= 15 is 0 Å². The molecule has 2 heteroatoms. The number of nitrogens with zero attached hydrogens (tertiary/aromatic N) is 1. The molecule has 1 unspecified atom stereocenters. The molecule has 1 aliphatic rings. The summed E-state index contributed by atoms with van der Waals surface area (Å²) in [6.07, 6.45) is 5.46. The van der Waals surface area contributed by atoms with Gasteiger partial charge in [0.2, 0.25) is 0 Å². The molecule has 24 heavy (non-hydrogen) atoms. The van der Waals surface area contributed by atoms with Gasteiger partial charge in [0, 0.05) is 6.54 Å². The maximum Gasteiger partial charge on any atom is 0.108 e. The van der Waals surface area contributed by atoms with Crippen molar-refractivity contribution in [1.29, 1.82) is 0 Å². The summed E-state index contributed by atoms with van der Waals surface area (Å²) >= 11 is 0. The van der Waals surface area contributed by atoms with Crippen LogP contribution in [-0.4, -0.2) is 31.1 Å². The average Bonchev–Trinajstić information content (AvgIpc) is 2.89. The van der Waals surface area contributed by atoms with Crippen LogP contribution in [0.3, 0.4) is 0 Å². The van der Waals surface area contributed by atoms with Crippen LogP contribution >= 0.6 is 0 Å². The first-order valence-corrected chi connectivity index (χ1v) is 9.28. The van der Waals surface area contributed by atoms with Gasteiger partial charge in [-0.1, -0.05) is 73.0 Å². The van der Waals surface area contributed by atoms with E-state index in [4.69, 9.17) is 4.74 Å². The van der Waals surface area contributed by atoms with Gasteiger partial charge in [-0.3, -0.25) is 0 Å². The predicted molar refractivity (Wildman–Crippen MR) is 100 cm³/mol. The summed E-state index contributed by atoms with van der Waals surface area (Å²) in [4.78, 5) is 2.56. The lowest BCUT2D eigenvalue weighted by Crippen LogP contribution is -2.29. The van der Waals surface area contributed by atoms with E-state index in [9.17, 15) is 0 Å². The monoisotopic (exact) mass is 323 g/mol.